The van der Waals surface area contributed by atoms with Crippen molar-refractivity contribution >= 4 is 20.0 Å². The molecule has 0 aliphatic heterocycles. The molecule has 0 bridgehead atoms. The summed E-state index contributed by atoms with van der Waals surface area (Å²) in [6.45, 7) is 3.18. The minimum atomic E-state index is -4.17. The molecule has 4 rings (SSSR count). The molecule has 14 nitrogen and oxygen atoms in total. The lowest BCUT2D eigenvalue weighted by atomic mass is 10.1. The third kappa shape index (κ3) is 10.4. The zero-order valence-corrected chi connectivity index (χ0v) is 34.2. The summed E-state index contributed by atoms with van der Waals surface area (Å²) in [7, 11) is 1.72. The van der Waals surface area contributed by atoms with Crippen LogP contribution in [0.15, 0.2) is 94.7 Å². The van der Waals surface area contributed by atoms with E-state index in [1.807, 2.05) is 13.8 Å². The Morgan fingerprint density at radius 1 is 0.582 bits per heavy atom. The minimum Gasteiger partial charge on any atom is -0.493 e. The number of hydrogen-bond donors (Lipinski definition) is 0. The maximum Gasteiger partial charge on any atom is 0.245 e. The van der Waals surface area contributed by atoms with Crippen molar-refractivity contribution in [1.82, 2.24) is 8.61 Å². The lowest BCUT2D eigenvalue weighted by Crippen LogP contribution is -2.42. The molecule has 0 aliphatic carbocycles. The molecule has 0 saturated heterocycles. The van der Waals surface area contributed by atoms with Gasteiger partial charge in [-0.15, -0.1) is 0 Å². The summed E-state index contributed by atoms with van der Waals surface area (Å²) in [6, 6.07) is 23.0. The van der Waals surface area contributed by atoms with Crippen molar-refractivity contribution in [1.29, 1.82) is 0 Å². The van der Waals surface area contributed by atoms with Gasteiger partial charge in [0.05, 0.1) is 37.1 Å². The summed E-state index contributed by atoms with van der Waals surface area (Å²) in [5.41, 5.74) is 2.63. The van der Waals surface area contributed by atoms with E-state index >= 15 is 0 Å². The quantitative estimate of drug-likeness (QED) is 0.0928. The van der Waals surface area contributed by atoms with Gasteiger partial charge in [0, 0.05) is 53.2 Å². The highest BCUT2D eigenvalue weighted by atomic mass is 32.2. The van der Waals surface area contributed by atoms with Gasteiger partial charge in [0.2, 0.25) is 25.8 Å². The highest BCUT2D eigenvalue weighted by Crippen LogP contribution is 2.44. The van der Waals surface area contributed by atoms with Crippen LogP contribution < -0.4 is 14.2 Å². The first-order chi connectivity index (χ1) is 26.3. The molecule has 16 heteroatoms. The largest absolute Gasteiger partial charge is 0.493 e. The Hall–Kier alpha value is -4.10. The van der Waals surface area contributed by atoms with Crippen LogP contribution in [0.2, 0.25) is 0 Å². The maximum absolute atomic E-state index is 14.2. The molecule has 300 valence electrons. The van der Waals surface area contributed by atoms with E-state index in [1.54, 1.807) is 72.8 Å². The number of methoxy groups -OCH3 is 7. The van der Waals surface area contributed by atoms with E-state index in [4.69, 9.17) is 37.9 Å². The van der Waals surface area contributed by atoms with Gasteiger partial charge < -0.3 is 37.9 Å². The predicted molar refractivity (Wildman–Crippen MR) is 205 cm³/mol. The number of hydrogen-bond acceptors (Lipinski definition) is 12. The Morgan fingerprint density at radius 2 is 1.13 bits per heavy atom. The zero-order valence-electron chi connectivity index (χ0n) is 32.5. The molecule has 4 aromatic rings. The first kappa shape index (κ1) is 43.6. The second kappa shape index (κ2) is 19.7. The minimum absolute atomic E-state index is 0.0543. The summed E-state index contributed by atoms with van der Waals surface area (Å²) < 4.78 is 104. The third-order valence-corrected chi connectivity index (χ3v) is 12.4. The van der Waals surface area contributed by atoms with Crippen LogP contribution in [0, 0.1) is 13.8 Å². The average molecular weight is 803 g/mol. The van der Waals surface area contributed by atoms with Crippen LogP contribution in [-0.4, -0.2) is 101 Å². The number of sulfonamides is 2. The number of rotatable bonds is 21. The molecule has 0 aliphatic rings. The van der Waals surface area contributed by atoms with Crippen molar-refractivity contribution in [2.75, 3.05) is 62.9 Å². The van der Waals surface area contributed by atoms with Gasteiger partial charge in [-0.2, -0.15) is 8.61 Å². The molecule has 0 heterocycles. The summed E-state index contributed by atoms with van der Waals surface area (Å²) in [4.78, 5) is 0.137. The molecule has 1 unspecified atom stereocenters. The van der Waals surface area contributed by atoms with Crippen molar-refractivity contribution in [2.24, 2.45) is 0 Å². The van der Waals surface area contributed by atoms with E-state index in [0.717, 1.165) is 15.4 Å². The van der Waals surface area contributed by atoms with Crippen molar-refractivity contribution in [3.05, 3.63) is 107 Å². The van der Waals surface area contributed by atoms with Gasteiger partial charge in [-0.25, -0.2) is 16.8 Å². The fourth-order valence-electron chi connectivity index (χ4n) is 5.71. The fraction of sp³-hybridized carbons (Fsp3) is 0.385. The van der Waals surface area contributed by atoms with E-state index in [1.165, 1.54) is 66.2 Å². The summed E-state index contributed by atoms with van der Waals surface area (Å²) in [5, 5.41) is 0. The molecule has 0 spiro atoms. The molecule has 0 radical (unpaired) electrons. The Bertz CT molecular complexity index is 2050. The van der Waals surface area contributed by atoms with Crippen LogP contribution in [0.25, 0.3) is 0 Å². The Labute approximate surface area is 324 Å². The lowest BCUT2D eigenvalue weighted by molar-refractivity contribution is -0.124. The second-order valence-corrected chi connectivity index (χ2v) is 16.2. The predicted octanol–water partition coefficient (Wildman–Crippen LogP) is 5.88. The van der Waals surface area contributed by atoms with Crippen LogP contribution in [0.5, 0.6) is 23.0 Å². The third-order valence-electron chi connectivity index (χ3n) is 8.80. The van der Waals surface area contributed by atoms with Gasteiger partial charge in [-0.1, -0.05) is 47.5 Å². The van der Waals surface area contributed by atoms with Crippen molar-refractivity contribution < 1.29 is 54.7 Å². The van der Waals surface area contributed by atoms with Crippen LogP contribution in [0.4, 0.5) is 0 Å². The van der Waals surface area contributed by atoms with Gasteiger partial charge in [-0.05, 0) is 62.4 Å². The number of benzene rings is 4. The highest BCUT2D eigenvalue weighted by molar-refractivity contribution is 7.89. The number of nitrogens with zero attached hydrogens (tertiary/aromatic N) is 2. The van der Waals surface area contributed by atoms with Crippen molar-refractivity contribution in [2.45, 2.75) is 49.0 Å². The maximum atomic E-state index is 14.2. The lowest BCUT2D eigenvalue weighted by Gasteiger charge is -2.32. The highest BCUT2D eigenvalue weighted by Gasteiger charge is 2.36. The SMILES string of the molecule is COc1ccc(CN(CC(OC)OC)S(=O)(=O)c2ccc(C)cc2)c(Oc2cccc(C(OC)N(CC(OC)OC)S(=O)(=O)c3ccc(C)cc3)c2)c1OC. The van der Waals surface area contributed by atoms with Crippen molar-refractivity contribution in [3.8, 4) is 23.0 Å². The summed E-state index contributed by atoms with van der Waals surface area (Å²) in [5.74, 6) is 0.941. The smallest absolute Gasteiger partial charge is 0.245 e. The van der Waals surface area contributed by atoms with E-state index in [9.17, 15) is 16.8 Å². The second-order valence-electron chi connectivity index (χ2n) is 12.4. The molecule has 55 heavy (non-hydrogen) atoms. The fourth-order valence-corrected chi connectivity index (χ4v) is 8.65. The molecule has 0 amide bonds. The Morgan fingerprint density at radius 3 is 1.64 bits per heavy atom. The molecular weight excluding hydrogens is 753 g/mol. The monoisotopic (exact) mass is 802 g/mol. The van der Waals surface area contributed by atoms with Gasteiger partial charge >= 0.3 is 0 Å². The van der Waals surface area contributed by atoms with Gasteiger partial charge in [0.25, 0.3) is 0 Å². The number of aryl methyl sites for hydroxylation is 2. The van der Waals surface area contributed by atoms with E-state index in [0.29, 0.717) is 16.9 Å². The topological polar surface area (TPSA) is 149 Å². The summed E-state index contributed by atoms with van der Waals surface area (Å²) in [6.07, 6.45) is -2.97. The molecule has 0 N–H and O–H groups in total. The van der Waals surface area contributed by atoms with Gasteiger partial charge in [-0.3, -0.25) is 0 Å². The summed E-state index contributed by atoms with van der Waals surface area (Å²) >= 11 is 0. The van der Waals surface area contributed by atoms with E-state index < -0.39 is 38.9 Å². The first-order valence-corrected chi connectivity index (χ1v) is 20.0. The van der Waals surface area contributed by atoms with E-state index in [2.05, 4.69) is 0 Å². The molecule has 0 fully saturated rings. The first-order valence-electron chi connectivity index (χ1n) is 17.1. The average Bonchev–Trinajstić information content (AvgIpc) is 3.18. The molecule has 0 saturated carbocycles. The molecule has 0 aromatic heterocycles. The van der Waals surface area contributed by atoms with Crippen LogP contribution >= 0.6 is 0 Å². The van der Waals surface area contributed by atoms with Crippen LogP contribution in [0.1, 0.15) is 28.5 Å². The van der Waals surface area contributed by atoms with Crippen LogP contribution in [-0.2, 0) is 50.3 Å². The Kier molecular flexibility index (Phi) is 15.6. The van der Waals surface area contributed by atoms with Gasteiger partial charge in [0.1, 0.15) is 12.0 Å². The van der Waals surface area contributed by atoms with E-state index in [-0.39, 0.29) is 46.7 Å². The zero-order chi connectivity index (χ0) is 40.3. The Balaban J connectivity index is 1.82. The molecular formula is C39H50N2O12S2. The normalized spacial score (nSPS) is 12.8. The van der Waals surface area contributed by atoms with Gasteiger partial charge in [0.15, 0.2) is 24.1 Å². The molecule has 1 atom stereocenters. The van der Waals surface area contributed by atoms with Crippen molar-refractivity contribution in [3.63, 3.8) is 0 Å². The standard InChI is InChI=1S/C39H50N2O12S2/c1-27-13-18-32(19-14-27)54(42,43)40(25-35(47-4)48-5)24-30-17-22-34(46-3)38(51-8)37(30)53-31-12-10-11-29(23-31)39(52-9)41(26-36(49-6)50-7)55(44,45)33-20-15-28(2)16-21-33/h10-23,35-36,39H,24-26H2,1-9H3. The van der Waals surface area contributed by atoms with Crippen LogP contribution in [0.3, 0.4) is 0 Å². The molecule has 4 aromatic carbocycles. The number of ether oxygens (including phenoxy) is 8.